The smallest absolute Gasteiger partial charge is 0.407 e. The molecule has 33 heavy (non-hydrogen) atoms. The highest BCUT2D eigenvalue weighted by atomic mass is 16.7. The second-order valence-corrected chi connectivity index (χ2v) is 8.11. The molecule has 1 fully saturated rings. The molecule has 4 rings (SSSR count). The molecule has 2 amide bonds. The highest BCUT2D eigenvalue weighted by molar-refractivity contribution is 5.79. The van der Waals surface area contributed by atoms with Crippen molar-refractivity contribution in [1.29, 1.82) is 0 Å². The molecule has 1 aliphatic heterocycles. The number of carboxylic acid groups (broad SMARTS) is 1. The average Bonchev–Trinajstić information content (AvgIpc) is 3.12. The molecular weight excluding hydrogens is 428 g/mol. The first kappa shape index (κ1) is 22.8. The van der Waals surface area contributed by atoms with Crippen LogP contribution in [0.5, 0.6) is 0 Å². The zero-order valence-corrected chi connectivity index (χ0v) is 18.0. The molecule has 2 aromatic carbocycles. The van der Waals surface area contributed by atoms with Gasteiger partial charge in [-0.25, -0.2) is 15.1 Å². The van der Waals surface area contributed by atoms with Crippen molar-refractivity contribution in [2.75, 3.05) is 26.4 Å². The summed E-state index contributed by atoms with van der Waals surface area (Å²) < 4.78 is 11.1. The molecule has 2 aliphatic rings. The largest absolute Gasteiger partial charge is 0.479 e. The van der Waals surface area contributed by atoms with Gasteiger partial charge in [0.05, 0.1) is 6.61 Å². The van der Waals surface area contributed by atoms with E-state index in [-0.39, 0.29) is 30.9 Å². The Labute approximate surface area is 191 Å². The van der Waals surface area contributed by atoms with Crippen LogP contribution in [0.1, 0.15) is 29.9 Å². The van der Waals surface area contributed by atoms with E-state index in [1.165, 1.54) is 0 Å². The quantitative estimate of drug-likeness (QED) is 0.524. The zero-order chi connectivity index (χ0) is 23.2. The Kier molecular flexibility index (Phi) is 7.21. The maximum Gasteiger partial charge on any atom is 0.407 e. The van der Waals surface area contributed by atoms with E-state index in [4.69, 9.17) is 14.6 Å². The summed E-state index contributed by atoms with van der Waals surface area (Å²) in [5.74, 6) is -1.99. The Morgan fingerprint density at radius 3 is 2.36 bits per heavy atom. The molecule has 1 saturated heterocycles. The number of hydrogen-bond donors (Lipinski definition) is 3. The molecule has 0 saturated carbocycles. The predicted octanol–water partition coefficient (Wildman–Crippen LogP) is 2.45. The third-order valence-corrected chi connectivity index (χ3v) is 5.95. The third-order valence-electron chi connectivity index (χ3n) is 5.95. The third kappa shape index (κ3) is 5.50. The van der Waals surface area contributed by atoms with Gasteiger partial charge in [-0.1, -0.05) is 48.5 Å². The van der Waals surface area contributed by atoms with Gasteiger partial charge in [0.15, 0.2) is 6.61 Å². The van der Waals surface area contributed by atoms with E-state index in [2.05, 4.69) is 39.9 Å². The topological polar surface area (TPSA) is 123 Å². The molecule has 0 radical (unpaired) electrons. The first-order valence-electron chi connectivity index (χ1n) is 10.8. The Hall–Kier alpha value is -3.43. The van der Waals surface area contributed by atoms with E-state index in [9.17, 15) is 14.4 Å². The van der Waals surface area contributed by atoms with E-state index in [0.717, 1.165) is 22.3 Å². The summed E-state index contributed by atoms with van der Waals surface area (Å²) in [6.07, 6.45) is 0.0165. The molecule has 1 heterocycles. The van der Waals surface area contributed by atoms with Crippen molar-refractivity contribution in [3.8, 4) is 11.1 Å². The van der Waals surface area contributed by atoms with E-state index in [1.807, 2.05) is 24.3 Å². The number of benzene rings is 2. The molecule has 3 N–H and O–H groups in total. The molecule has 9 heteroatoms. The summed E-state index contributed by atoms with van der Waals surface area (Å²) in [5.41, 5.74) is 6.67. The number of carbonyl (C=O) groups is 3. The van der Waals surface area contributed by atoms with Crippen LogP contribution in [0.25, 0.3) is 11.1 Å². The lowest BCUT2D eigenvalue weighted by atomic mass is 9.92. The molecule has 2 aromatic rings. The first-order chi connectivity index (χ1) is 16.0. The maximum atomic E-state index is 12.6. The van der Waals surface area contributed by atoms with Gasteiger partial charge in [-0.3, -0.25) is 9.63 Å². The molecule has 0 aromatic heterocycles. The van der Waals surface area contributed by atoms with Crippen LogP contribution in [-0.4, -0.2) is 55.5 Å². The molecule has 0 spiro atoms. The second kappa shape index (κ2) is 10.5. The van der Waals surface area contributed by atoms with Gasteiger partial charge in [-0.2, -0.15) is 0 Å². The van der Waals surface area contributed by atoms with Gasteiger partial charge in [0.2, 0.25) is 5.91 Å². The lowest BCUT2D eigenvalue weighted by Gasteiger charge is -2.31. The van der Waals surface area contributed by atoms with E-state index >= 15 is 0 Å². The number of carboxylic acids is 1. The molecular formula is C24H26N2O7. The van der Waals surface area contributed by atoms with Crippen LogP contribution >= 0.6 is 0 Å². The van der Waals surface area contributed by atoms with E-state index in [0.29, 0.717) is 19.6 Å². The van der Waals surface area contributed by atoms with E-state index < -0.39 is 24.6 Å². The SMILES string of the molecule is O=C(O)CONC(=O)CC1COCCC1NC(=O)OCC1c2ccccc2-c2ccccc21. The number of rotatable bonds is 8. The van der Waals surface area contributed by atoms with Crippen LogP contribution in [0.4, 0.5) is 4.79 Å². The van der Waals surface area contributed by atoms with Crippen LogP contribution in [0.3, 0.4) is 0 Å². The Balaban J connectivity index is 1.32. The number of hydroxylamine groups is 1. The second-order valence-electron chi connectivity index (χ2n) is 8.11. The van der Waals surface area contributed by atoms with Crippen molar-refractivity contribution in [2.24, 2.45) is 5.92 Å². The van der Waals surface area contributed by atoms with Crippen molar-refractivity contribution >= 4 is 18.0 Å². The lowest BCUT2D eigenvalue weighted by molar-refractivity contribution is -0.150. The Morgan fingerprint density at radius 2 is 1.70 bits per heavy atom. The van der Waals surface area contributed by atoms with E-state index in [1.54, 1.807) is 0 Å². The molecule has 9 nitrogen and oxygen atoms in total. The van der Waals surface area contributed by atoms with Crippen molar-refractivity contribution < 1.29 is 33.8 Å². The van der Waals surface area contributed by atoms with Gasteiger partial charge in [-0.15, -0.1) is 0 Å². The summed E-state index contributed by atoms with van der Waals surface area (Å²) in [6.45, 7) is 0.328. The highest BCUT2D eigenvalue weighted by Crippen LogP contribution is 2.44. The average molecular weight is 454 g/mol. The maximum absolute atomic E-state index is 12.6. The predicted molar refractivity (Wildman–Crippen MR) is 117 cm³/mol. The number of fused-ring (bicyclic) bond motifs is 3. The van der Waals surface area contributed by atoms with Gasteiger partial charge in [0.1, 0.15) is 6.61 Å². The Morgan fingerprint density at radius 1 is 1.03 bits per heavy atom. The van der Waals surface area contributed by atoms with Crippen molar-refractivity contribution in [1.82, 2.24) is 10.8 Å². The van der Waals surface area contributed by atoms with Crippen LogP contribution in [-0.2, 0) is 23.9 Å². The number of carbonyl (C=O) groups excluding carboxylic acids is 2. The minimum absolute atomic E-state index is 0.0218. The fourth-order valence-corrected chi connectivity index (χ4v) is 4.44. The fourth-order valence-electron chi connectivity index (χ4n) is 4.44. The van der Waals surface area contributed by atoms with Gasteiger partial charge in [0, 0.05) is 30.9 Å². The monoisotopic (exact) mass is 454 g/mol. The summed E-state index contributed by atoms with van der Waals surface area (Å²) in [5, 5.41) is 11.4. The van der Waals surface area contributed by atoms with Crippen LogP contribution in [0.15, 0.2) is 48.5 Å². The first-order valence-corrected chi connectivity index (χ1v) is 10.8. The number of aliphatic carboxylic acids is 1. The number of alkyl carbamates (subject to hydrolysis) is 1. The van der Waals surface area contributed by atoms with Gasteiger partial charge in [-0.05, 0) is 28.7 Å². The summed E-state index contributed by atoms with van der Waals surface area (Å²) >= 11 is 0. The highest BCUT2D eigenvalue weighted by Gasteiger charge is 2.32. The number of amides is 2. The zero-order valence-electron chi connectivity index (χ0n) is 18.0. The van der Waals surface area contributed by atoms with Crippen LogP contribution in [0.2, 0.25) is 0 Å². The molecule has 0 bridgehead atoms. The molecule has 2 atom stereocenters. The normalized spacial score (nSPS) is 19.3. The number of nitrogens with one attached hydrogen (secondary N) is 2. The van der Waals surface area contributed by atoms with Gasteiger partial charge in [0.25, 0.3) is 0 Å². The van der Waals surface area contributed by atoms with Gasteiger partial charge >= 0.3 is 12.1 Å². The molecule has 1 aliphatic carbocycles. The summed E-state index contributed by atoms with van der Waals surface area (Å²) in [4.78, 5) is 39.7. The van der Waals surface area contributed by atoms with Crippen molar-refractivity contribution in [3.63, 3.8) is 0 Å². The van der Waals surface area contributed by atoms with Crippen LogP contribution in [0, 0.1) is 5.92 Å². The minimum Gasteiger partial charge on any atom is -0.479 e. The fraction of sp³-hybridized carbons (Fsp3) is 0.375. The lowest BCUT2D eigenvalue weighted by Crippen LogP contribution is -2.47. The standard InChI is InChI=1S/C24H26N2O7/c27-22(26-33-14-23(28)29)11-15-12-31-10-9-21(15)25-24(30)32-13-20-18-7-3-1-5-16(18)17-6-2-4-8-19(17)20/h1-8,15,20-21H,9-14H2,(H,25,30)(H,26,27)(H,28,29). The Bertz CT molecular complexity index is 980. The minimum atomic E-state index is -1.19. The van der Waals surface area contributed by atoms with Crippen LogP contribution < -0.4 is 10.8 Å². The van der Waals surface area contributed by atoms with Gasteiger partial charge < -0.3 is 19.9 Å². The number of ether oxygens (including phenoxy) is 2. The molecule has 174 valence electrons. The summed E-state index contributed by atoms with van der Waals surface area (Å²) in [7, 11) is 0. The number of hydrogen-bond acceptors (Lipinski definition) is 6. The van der Waals surface area contributed by atoms with Crippen molar-refractivity contribution in [3.05, 3.63) is 59.7 Å². The molecule has 2 unspecified atom stereocenters. The summed E-state index contributed by atoms with van der Waals surface area (Å²) in [6, 6.07) is 15.9. The van der Waals surface area contributed by atoms with Crippen molar-refractivity contribution in [2.45, 2.75) is 24.8 Å².